The van der Waals surface area contributed by atoms with Crippen LogP contribution in [0.25, 0.3) is 11.3 Å². The number of carbonyl (C=O) groups is 3. The molecule has 0 aliphatic carbocycles. The van der Waals surface area contributed by atoms with Gasteiger partial charge in [0.25, 0.3) is 5.91 Å². The van der Waals surface area contributed by atoms with E-state index in [-0.39, 0.29) is 30.4 Å². The van der Waals surface area contributed by atoms with Gasteiger partial charge in [0, 0.05) is 24.7 Å². The molecule has 0 radical (unpaired) electrons. The van der Waals surface area contributed by atoms with Gasteiger partial charge in [0.05, 0.1) is 33.6 Å². The van der Waals surface area contributed by atoms with Crippen LogP contribution in [0.3, 0.4) is 0 Å². The quantitative estimate of drug-likeness (QED) is 0.644. The lowest BCUT2D eigenvalue weighted by atomic mass is 10.0. The van der Waals surface area contributed by atoms with E-state index in [9.17, 15) is 14.4 Å². The lowest BCUT2D eigenvalue weighted by Crippen LogP contribution is -2.49. The number of benzene rings is 1. The van der Waals surface area contributed by atoms with Gasteiger partial charge in [-0.3, -0.25) is 19.6 Å². The summed E-state index contributed by atoms with van der Waals surface area (Å²) in [5, 5.41) is 9.62. The van der Waals surface area contributed by atoms with Crippen molar-refractivity contribution in [2.45, 2.75) is 18.9 Å². The Morgan fingerprint density at radius 2 is 1.69 bits per heavy atom. The van der Waals surface area contributed by atoms with E-state index < -0.39 is 0 Å². The topological polar surface area (TPSA) is 126 Å². The number of H-pyrrole nitrogens is 1. The number of amides is 4. The van der Waals surface area contributed by atoms with Gasteiger partial charge >= 0.3 is 6.03 Å². The Morgan fingerprint density at radius 3 is 2.22 bits per heavy atom. The summed E-state index contributed by atoms with van der Waals surface area (Å²) in [6, 6.07) is 4.64. The van der Waals surface area contributed by atoms with Crippen molar-refractivity contribution in [3.63, 3.8) is 0 Å². The summed E-state index contributed by atoms with van der Waals surface area (Å²) in [5.74, 6) is 1.04. The predicted molar refractivity (Wildman–Crippen MR) is 113 cm³/mol. The molecule has 0 unspecified atom stereocenters. The van der Waals surface area contributed by atoms with E-state index in [0.717, 1.165) is 0 Å². The van der Waals surface area contributed by atoms with Crippen LogP contribution in [-0.2, 0) is 4.79 Å². The van der Waals surface area contributed by atoms with Crippen molar-refractivity contribution in [2.24, 2.45) is 0 Å². The largest absolute Gasteiger partial charge is 0.493 e. The van der Waals surface area contributed by atoms with Crippen LogP contribution < -0.4 is 19.5 Å². The molecule has 0 bridgehead atoms. The number of nitrogens with one attached hydrogen (secondary N) is 2. The van der Waals surface area contributed by atoms with Crippen molar-refractivity contribution in [2.75, 3.05) is 41.0 Å². The Morgan fingerprint density at radius 1 is 1.03 bits per heavy atom. The minimum absolute atomic E-state index is 0.0375. The number of likely N-dealkylation sites (tertiary alicyclic amines) is 1. The van der Waals surface area contributed by atoms with Gasteiger partial charge in [-0.05, 0) is 31.0 Å². The minimum atomic E-state index is -0.358. The predicted octanol–water partition coefficient (Wildman–Crippen LogP) is 1.26. The van der Waals surface area contributed by atoms with Gasteiger partial charge in [-0.15, -0.1) is 0 Å². The fraction of sp³-hybridized carbons (Fsp3) is 0.429. The first-order chi connectivity index (χ1) is 15.5. The minimum Gasteiger partial charge on any atom is -0.493 e. The molecular formula is C21H25N5O6. The molecule has 2 aliphatic rings. The van der Waals surface area contributed by atoms with E-state index in [2.05, 4.69) is 15.5 Å². The zero-order valence-electron chi connectivity index (χ0n) is 18.1. The second-order valence-electron chi connectivity index (χ2n) is 7.53. The van der Waals surface area contributed by atoms with Crippen molar-refractivity contribution in [3.05, 3.63) is 23.9 Å². The molecule has 1 aromatic carbocycles. The number of rotatable bonds is 6. The van der Waals surface area contributed by atoms with Crippen molar-refractivity contribution in [1.82, 2.24) is 25.3 Å². The molecule has 2 aromatic rings. The molecule has 1 aromatic heterocycles. The molecule has 4 amide bonds. The van der Waals surface area contributed by atoms with E-state index in [0.29, 0.717) is 60.1 Å². The SMILES string of the molecule is COc1cc(-c2cc(C(=O)N3CCC(N4C(=O)CNC4=O)CC3)[nH]n2)cc(OC)c1OC. The number of urea groups is 1. The third kappa shape index (κ3) is 3.81. The summed E-state index contributed by atoms with van der Waals surface area (Å²) in [7, 11) is 4.59. The standard InChI is InChI=1S/C21H25N5O6/c1-30-16-8-12(9-17(31-2)19(16)32-3)14-10-15(24-23-14)20(28)25-6-4-13(5-7-25)26-18(27)11-22-21(26)29/h8-10,13H,4-7,11H2,1-3H3,(H,22,29)(H,23,24). The number of aromatic nitrogens is 2. The Kier molecular flexibility index (Phi) is 5.89. The van der Waals surface area contributed by atoms with Crippen LogP contribution in [0.15, 0.2) is 18.2 Å². The average molecular weight is 443 g/mol. The highest BCUT2D eigenvalue weighted by molar-refractivity contribution is 6.02. The maximum atomic E-state index is 13.0. The number of ether oxygens (including phenoxy) is 3. The van der Waals surface area contributed by atoms with Crippen LogP contribution in [-0.4, -0.2) is 84.8 Å². The third-order valence-corrected chi connectivity index (χ3v) is 5.76. The molecule has 11 heteroatoms. The number of piperidine rings is 1. The second kappa shape index (κ2) is 8.77. The molecule has 2 aliphatic heterocycles. The van der Waals surface area contributed by atoms with E-state index in [1.54, 1.807) is 23.1 Å². The van der Waals surface area contributed by atoms with Crippen molar-refractivity contribution >= 4 is 17.8 Å². The number of carbonyl (C=O) groups excluding carboxylic acids is 3. The van der Waals surface area contributed by atoms with Crippen LogP contribution in [0, 0.1) is 0 Å². The highest BCUT2D eigenvalue weighted by Crippen LogP contribution is 2.40. The van der Waals surface area contributed by atoms with E-state index in [1.807, 2.05) is 0 Å². The van der Waals surface area contributed by atoms with Gasteiger partial charge in [0.15, 0.2) is 11.5 Å². The summed E-state index contributed by atoms with van der Waals surface area (Å²) >= 11 is 0. The number of methoxy groups -OCH3 is 3. The van der Waals surface area contributed by atoms with Crippen molar-refractivity contribution in [3.8, 4) is 28.5 Å². The number of aromatic amines is 1. The molecule has 0 atom stereocenters. The van der Waals surface area contributed by atoms with E-state index in [1.165, 1.54) is 26.2 Å². The molecule has 2 fully saturated rings. The molecular weight excluding hydrogens is 418 g/mol. The molecule has 0 spiro atoms. The normalized spacial score (nSPS) is 16.8. The lowest BCUT2D eigenvalue weighted by Gasteiger charge is -2.35. The van der Waals surface area contributed by atoms with Crippen molar-refractivity contribution in [1.29, 1.82) is 0 Å². The molecule has 2 saturated heterocycles. The summed E-state index contributed by atoms with van der Waals surface area (Å²) in [6.45, 7) is 0.925. The van der Waals surface area contributed by atoms with Gasteiger partial charge < -0.3 is 24.4 Å². The third-order valence-electron chi connectivity index (χ3n) is 5.76. The molecule has 3 heterocycles. The number of imide groups is 1. The van der Waals surface area contributed by atoms with Gasteiger partial charge in [0.2, 0.25) is 11.7 Å². The van der Waals surface area contributed by atoms with E-state index >= 15 is 0 Å². The first-order valence-electron chi connectivity index (χ1n) is 10.2. The molecule has 32 heavy (non-hydrogen) atoms. The smallest absolute Gasteiger partial charge is 0.324 e. The summed E-state index contributed by atoms with van der Waals surface area (Å²) < 4.78 is 16.1. The fourth-order valence-electron chi connectivity index (χ4n) is 4.11. The van der Waals surface area contributed by atoms with Crippen LogP contribution >= 0.6 is 0 Å². The van der Waals surface area contributed by atoms with Crippen LogP contribution in [0.5, 0.6) is 17.2 Å². The van der Waals surface area contributed by atoms with Gasteiger partial charge in [-0.25, -0.2) is 4.79 Å². The number of nitrogens with zero attached hydrogens (tertiary/aromatic N) is 3. The van der Waals surface area contributed by atoms with Gasteiger partial charge in [0.1, 0.15) is 5.69 Å². The highest BCUT2D eigenvalue weighted by atomic mass is 16.5. The summed E-state index contributed by atoms with van der Waals surface area (Å²) in [5.41, 5.74) is 1.61. The van der Waals surface area contributed by atoms with Crippen molar-refractivity contribution < 1.29 is 28.6 Å². The van der Waals surface area contributed by atoms with Crippen LogP contribution in [0.1, 0.15) is 23.3 Å². The fourth-order valence-corrected chi connectivity index (χ4v) is 4.11. The second-order valence-corrected chi connectivity index (χ2v) is 7.53. The zero-order valence-corrected chi connectivity index (χ0v) is 18.1. The average Bonchev–Trinajstić information content (AvgIpc) is 3.44. The van der Waals surface area contributed by atoms with Crippen LogP contribution in [0.4, 0.5) is 4.79 Å². The summed E-state index contributed by atoms with van der Waals surface area (Å²) in [4.78, 5) is 39.7. The molecule has 170 valence electrons. The molecule has 11 nitrogen and oxygen atoms in total. The Bertz CT molecular complexity index is 1000. The first kappa shape index (κ1) is 21.5. The zero-order chi connectivity index (χ0) is 22.8. The monoisotopic (exact) mass is 443 g/mol. The maximum absolute atomic E-state index is 13.0. The Hall–Kier alpha value is -3.76. The summed E-state index contributed by atoms with van der Waals surface area (Å²) in [6.07, 6.45) is 1.08. The highest BCUT2D eigenvalue weighted by Gasteiger charge is 2.37. The number of hydrogen-bond donors (Lipinski definition) is 2. The molecule has 4 rings (SSSR count). The van der Waals surface area contributed by atoms with E-state index in [4.69, 9.17) is 14.2 Å². The molecule has 2 N–H and O–H groups in total. The van der Waals surface area contributed by atoms with Gasteiger partial charge in [-0.2, -0.15) is 5.10 Å². The molecule has 0 saturated carbocycles. The van der Waals surface area contributed by atoms with Gasteiger partial charge in [-0.1, -0.05) is 0 Å². The Labute approximate surface area is 184 Å². The lowest BCUT2D eigenvalue weighted by molar-refractivity contribution is -0.127. The maximum Gasteiger partial charge on any atom is 0.324 e. The first-order valence-corrected chi connectivity index (χ1v) is 10.2. The Balaban J connectivity index is 1.47. The van der Waals surface area contributed by atoms with Crippen LogP contribution in [0.2, 0.25) is 0 Å². The number of hydrogen-bond acceptors (Lipinski definition) is 7.